The van der Waals surface area contributed by atoms with Gasteiger partial charge in [-0.15, -0.1) is 0 Å². The molecule has 1 aliphatic carbocycles. The van der Waals surface area contributed by atoms with Gasteiger partial charge in [-0.05, 0) is 48.8 Å². The van der Waals surface area contributed by atoms with E-state index in [2.05, 4.69) is 32.1 Å². The number of rotatable bonds is 3. The molecule has 0 aromatic heterocycles. The molecule has 0 saturated carbocycles. The van der Waals surface area contributed by atoms with Crippen LogP contribution in [0.2, 0.25) is 0 Å². The van der Waals surface area contributed by atoms with Crippen molar-refractivity contribution in [3.63, 3.8) is 0 Å². The molecular formula is C20H20O2. The Kier molecular flexibility index (Phi) is 3.76. The van der Waals surface area contributed by atoms with E-state index in [0.717, 1.165) is 28.2 Å². The first-order chi connectivity index (χ1) is 10.7. The van der Waals surface area contributed by atoms with E-state index < -0.39 is 0 Å². The molecule has 0 spiro atoms. The molecule has 0 heterocycles. The maximum absolute atomic E-state index is 5.61. The highest BCUT2D eigenvalue weighted by atomic mass is 16.5. The Labute approximate surface area is 131 Å². The van der Waals surface area contributed by atoms with Crippen molar-refractivity contribution in [2.24, 2.45) is 0 Å². The third kappa shape index (κ3) is 2.21. The van der Waals surface area contributed by atoms with Crippen LogP contribution in [0.3, 0.4) is 0 Å². The van der Waals surface area contributed by atoms with Gasteiger partial charge in [-0.25, -0.2) is 0 Å². The summed E-state index contributed by atoms with van der Waals surface area (Å²) in [5.74, 6) is 1.77. The molecule has 3 rings (SSSR count). The number of ether oxygens (including phenoxy) is 2. The predicted octanol–water partition coefficient (Wildman–Crippen LogP) is 4.94. The summed E-state index contributed by atoms with van der Waals surface area (Å²) in [6, 6.07) is 14.3. The van der Waals surface area contributed by atoms with Crippen LogP contribution in [0, 0.1) is 0 Å². The predicted molar refractivity (Wildman–Crippen MR) is 91.3 cm³/mol. The highest BCUT2D eigenvalue weighted by Crippen LogP contribution is 2.46. The van der Waals surface area contributed by atoms with E-state index in [-0.39, 0.29) is 0 Å². The molecular weight excluding hydrogens is 272 g/mol. The lowest BCUT2D eigenvalue weighted by atomic mass is 9.97. The molecule has 2 heteroatoms. The number of fused-ring (bicyclic) bond motifs is 1. The van der Waals surface area contributed by atoms with E-state index in [1.165, 1.54) is 16.7 Å². The quantitative estimate of drug-likeness (QED) is 0.797. The molecule has 1 aliphatic rings. The van der Waals surface area contributed by atoms with Crippen molar-refractivity contribution in [3.8, 4) is 11.5 Å². The second kappa shape index (κ2) is 5.72. The lowest BCUT2D eigenvalue weighted by Crippen LogP contribution is -1.95. The van der Waals surface area contributed by atoms with Crippen LogP contribution in [0.25, 0.3) is 11.1 Å². The van der Waals surface area contributed by atoms with E-state index >= 15 is 0 Å². The molecule has 0 saturated heterocycles. The van der Waals surface area contributed by atoms with Crippen LogP contribution >= 0.6 is 0 Å². The van der Waals surface area contributed by atoms with Gasteiger partial charge in [0, 0.05) is 11.1 Å². The molecule has 112 valence electrons. The average Bonchev–Trinajstić information content (AvgIpc) is 2.94. The molecule has 2 nitrogen and oxygen atoms in total. The van der Waals surface area contributed by atoms with Crippen molar-refractivity contribution in [1.82, 2.24) is 0 Å². The lowest BCUT2D eigenvalue weighted by Gasteiger charge is -2.13. The van der Waals surface area contributed by atoms with E-state index in [4.69, 9.17) is 9.47 Å². The topological polar surface area (TPSA) is 18.5 Å². The van der Waals surface area contributed by atoms with Crippen molar-refractivity contribution in [2.75, 3.05) is 14.2 Å². The zero-order valence-corrected chi connectivity index (χ0v) is 13.4. The second-order valence-electron chi connectivity index (χ2n) is 5.55. The normalized spacial score (nSPS) is 12.7. The second-order valence-corrected chi connectivity index (χ2v) is 5.55. The minimum atomic E-state index is 0.876. The molecule has 22 heavy (non-hydrogen) atoms. The number of allylic oxidation sites excluding steroid dienone is 3. The number of para-hydroxylation sites is 1. The number of hydrogen-bond acceptors (Lipinski definition) is 2. The molecule has 0 bridgehead atoms. The third-order valence-corrected chi connectivity index (χ3v) is 4.03. The zero-order valence-electron chi connectivity index (χ0n) is 13.4. The Hall–Kier alpha value is -2.48. The van der Waals surface area contributed by atoms with Crippen molar-refractivity contribution < 1.29 is 9.47 Å². The number of hydrogen-bond donors (Lipinski definition) is 0. The minimum absolute atomic E-state index is 0.876. The fourth-order valence-corrected chi connectivity index (χ4v) is 2.99. The molecule has 0 N–H and O–H groups in total. The van der Waals surface area contributed by atoms with Gasteiger partial charge in [0.25, 0.3) is 0 Å². The fourth-order valence-electron chi connectivity index (χ4n) is 2.99. The van der Waals surface area contributed by atoms with Crippen LogP contribution in [-0.4, -0.2) is 14.2 Å². The molecule has 0 atom stereocenters. The summed E-state index contributed by atoms with van der Waals surface area (Å²) in [5, 5.41) is 0. The fraction of sp³-hybridized carbons (Fsp3) is 0.200. The van der Waals surface area contributed by atoms with Crippen LogP contribution in [0.5, 0.6) is 11.5 Å². The van der Waals surface area contributed by atoms with Crippen molar-refractivity contribution in [2.45, 2.75) is 13.8 Å². The van der Waals surface area contributed by atoms with E-state index in [1.54, 1.807) is 14.2 Å². The Morgan fingerprint density at radius 3 is 2.09 bits per heavy atom. The van der Waals surface area contributed by atoms with Gasteiger partial charge in [-0.2, -0.15) is 0 Å². The first kappa shape index (κ1) is 14.5. The van der Waals surface area contributed by atoms with Gasteiger partial charge < -0.3 is 9.47 Å². The van der Waals surface area contributed by atoms with Gasteiger partial charge >= 0.3 is 0 Å². The summed E-state index contributed by atoms with van der Waals surface area (Å²) in [6.07, 6.45) is 2.24. The minimum Gasteiger partial charge on any atom is -0.496 e. The van der Waals surface area contributed by atoms with Gasteiger partial charge in [-0.3, -0.25) is 0 Å². The van der Waals surface area contributed by atoms with Crippen LogP contribution in [0.15, 0.2) is 54.1 Å². The number of benzene rings is 2. The Morgan fingerprint density at radius 1 is 0.773 bits per heavy atom. The molecule has 0 aliphatic heterocycles. The molecule has 2 aromatic carbocycles. The molecule has 0 radical (unpaired) electrons. The van der Waals surface area contributed by atoms with Crippen LogP contribution in [0.1, 0.15) is 30.5 Å². The smallest absolute Gasteiger partial charge is 0.127 e. The van der Waals surface area contributed by atoms with E-state index in [1.807, 2.05) is 30.3 Å². The average molecular weight is 292 g/mol. The van der Waals surface area contributed by atoms with Crippen LogP contribution in [-0.2, 0) is 0 Å². The SMILES string of the molecule is COc1ccccc1C1=CC(=C(C)C)c2cccc(OC)c21. The maximum atomic E-state index is 5.61. The molecule has 0 amide bonds. The number of methoxy groups -OCH3 is 2. The largest absolute Gasteiger partial charge is 0.496 e. The monoisotopic (exact) mass is 292 g/mol. The Morgan fingerprint density at radius 2 is 1.41 bits per heavy atom. The van der Waals surface area contributed by atoms with Crippen molar-refractivity contribution in [3.05, 3.63) is 70.8 Å². The summed E-state index contributed by atoms with van der Waals surface area (Å²) >= 11 is 0. The van der Waals surface area contributed by atoms with Gasteiger partial charge in [0.1, 0.15) is 11.5 Å². The third-order valence-electron chi connectivity index (χ3n) is 4.03. The van der Waals surface area contributed by atoms with E-state index in [9.17, 15) is 0 Å². The van der Waals surface area contributed by atoms with Gasteiger partial charge in [0.05, 0.1) is 14.2 Å². The van der Waals surface area contributed by atoms with E-state index in [0.29, 0.717) is 0 Å². The highest BCUT2D eigenvalue weighted by Gasteiger charge is 2.25. The summed E-state index contributed by atoms with van der Waals surface area (Å²) in [6.45, 7) is 4.28. The lowest BCUT2D eigenvalue weighted by molar-refractivity contribution is 0.411. The Bertz CT molecular complexity index is 778. The van der Waals surface area contributed by atoms with Crippen LogP contribution in [0.4, 0.5) is 0 Å². The summed E-state index contributed by atoms with van der Waals surface area (Å²) in [7, 11) is 3.43. The van der Waals surface area contributed by atoms with Gasteiger partial charge in [-0.1, -0.05) is 35.9 Å². The summed E-state index contributed by atoms with van der Waals surface area (Å²) in [5.41, 5.74) is 7.16. The zero-order chi connectivity index (χ0) is 15.7. The first-order valence-electron chi connectivity index (χ1n) is 7.37. The van der Waals surface area contributed by atoms with Crippen molar-refractivity contribution in [1.29, 1.82) is 0 Å². The van der Waals surface area contributed by atoms with Gasteiger partial charge in [0.15, 0.2) is 0 Å². The standard InChI is InChI=1S/C20H20O2/c1-13(2)16-12-17(14-8-5-6-10-18(14)21-3)20-15(16)9-7-11-19(20)22-4/h5-12H,1-4H3. The van der Waals surface area contributed by atoms with Crippen LogP contribution < -0.4 is 9.47 Å². The summed E-state index contributed by atoms with van der Waals surface area (Å²) < 4.78 is 11.2. The van der Waals surface area contributed by atoms with Crippen molar-refractivity contribution >= 4 is 11.1 Å². The maximum Gasteiger partial charge on any atom is 0.127 e. The molecule has 0 fully saturated rings. The summed E-state index contributed by atoms with van der Waals surface area (Å²) in [4.78, 5) is 0. The molecule has 0 unspecified atom stereocenters. The Balaban J connectivity index is 2.31. The van der Waals surface area contributed by atoms with Gasteiger partial charge in [0.2, 0.25) is 0 Å². The first-order valence-corrected chi connectivity index (χ1v) is 7.37. The highest BCUT2D eigenvalue weighted by molar-refractivity contribution is 6.04. The molecule has 2 aromatic rings.